The van der Waals surface area contributed by atoms with Crippen LogP contribution < -0.4 is 0 Å². The van der Waals surface area contributed by atoms with Crippen molar-refractivity contribution in [3.05, 3.63) is 138 Å². The van der Waals surface area contributed by atoms with Crippen LogP contribution in [0.5, 0.6) is 0 Å². The Labute approximate surface area is 264 Å². The molecule has 7 heteroatoms. The van der Waals surface area contributed by atoms with Gasteiger partial charge >= 0.3 is 0 Å². The van der Waals surface area contributed by atoms with Crippen molar-refractivity contribution >= 4 is 16.9 Å². The number of imidazole rings is 1. The van der Waals surface area contributed by atoms with E-state index in [4.69, 9.17) is 4.98 Å². The summed E-state index contributed by atoms with van der Waals surface area (Å²) in [5.74, 6) is 0.520. The van der Waals surface area contributed by atoms with Crippen molar-refractivity contribution in [3.63, 3.8) is 0 Å². The third-order valence-electron chi connectivity index (χ3n) is 9.39. The van der Waals surface area contributed by atoms with Gasteiger partial charge in [-0.05, 0) is 85.8 Å². The number of carbonyl (C=O) groups excluding carboxylic acids is 1. The molecule has 1 saturated heterocycles. The standard InChI is InChI=1S/C38H41FN4O2/c1-41(2)37(45)38(30-11-5-3-6-12-30,31-13-7-4-8-14-31)23-26-42-24-21-29(22-25-42)35(44)36-40-33-15-9-10-16-34(33)43(36)27-28-17-19-32(39)20-18-28/h3-20,29,35,44H,21-27H2,1-2H3. The van der Waals surface area contributed by atoms with Crippen molar-refractivity contribution in [1.82, 2.24) is 19.4 Å². The number of nitrogens with zero attached hydrogens (tertiary/aromatic N) is 4. The predicted octanol–water partition coefficient (Wildman–Crippen LogP) is 6.43. The third kappa shape index (κ3) is 6.28. The fraction of sp³-hybridized carbons (Fsp3) is 0.316. The molecule has 232 valence electrons. The summed E-state index contributed by atoms with van der Waals surface area (Å²) in [5, 5.41) is 11.7. The molecule has 1 aliphatic rings. The molecule has 4 aromatic carbocycles. The van der Waals surface area contributed by atoms with Crippen LogP contribution in [0.2, 0.25) is 0 Å². The Bertz CT molecular complexity index is 1670. The Balaban J connectivity index is 1.20. The summed E-state index contributed by atoms with van der Waals surface area (Å²) in [5.41, 5.74) is 3.95. The van der Waals surface area contributed by atoms with Crippen molar-refractivity contribution in [2.24, 2.45) is 5.92 Å². The largest absolute Gasteiger partial charge is 0.385 e. The number of likely N-dealkylation sites (N-methyl/N-ethyl adjacent to an activating group) is 1. The number of aliphatic hydroxyl groups is 1. The first-order valence-corrected chi connectivity index (χ1v) is 15.8. The summed E-state index contributed by atoms with van der Waals surface area (Å²) in [6.45, 7) is 2.92. The molecule has 6 nitrogen and oxygen atoms in total. The highest BCUT2D eigenvalue weighted by Gasteiger charge is 2.43. The maximum Gasteiger partial charge on any atom is 0.237 e. The van der Waals surface area contributed by atoms with E-state index in [1.807, 2.05) is 74.8 Å². The molecule has 2 heterocycles. The van der Waals surface area contributed by atoms with Gasteiger partial charge in [0, 0.05) is 20.6 Å². The van der Waals surface area contributed by atoms with Crippen LogP contribution in [-0.2, 0) is 16.8 Å². The molecule has 5 aromatic rings. The Kier molecular flexibility index (Phi) is 9.10. The first kappa shape index (κ1) is 30.7. The quantitative estimate of drug-likeness (QED) is 0.200. The molecule has 0 spiro atoms. The van der Waals surface area contributed by atoms with Gasteiger partial charge in [-0.2, -0.15) is 0 Å². The minimum absolute atomic E-state index is 0.0569. The molecule has 0 radical (unpaired) electrons. The molecule has 0 aliphatic carbocycles. The molecule has 6 rings (SSSR count). The number of carbonyl (C=O) groups is 1. The summed E-state index contributed by atoms with van der Waals surface area (Å²) < 4.78 is 15.7. The predicted molar refractivity (Wildman–Crippen MR) is 176 cm³/mol. The average Bonchev–Trinajstić information content (AvgIpc) is 3.45. The summed E-state index contributed by atoms with van der Waals surface area (Å²) in [7, 11) is 3.67. The van der Waals surface area contributed by atoms with Gasteiger partial charge in [-0.3, -0.25) is 4.79 Å². The molecule has 1 unspecified atom stereocenters. The number of benzene rings is 4. The Hall–Kier alpha value is -4.33. The van der Waals surface area contributed by atoms with Crippen molar-refractivity contribution in [2.75, 3.05) is 33.7 Å². The average molecular weight is 605 g/mol. The molecule has 1 atom stereocenters. The second-order valence-electron chi connectivity index (χ2n) is 12.4. The van der Waals surface area contributed by atoms with Crippen LogP contribution in [0, 0.1) is 11.7 Å². The highest BCUT2D eigenvalue weighted by molar-refractivity contribution is 5.92. The maximum absolute atomic E-state index is 14.0. The van der Waals surface area contributed by atoms with Crippen LogP contribution in [0.4, 0.5) is 4.39 Å². The molecule has 0 saturated carbocycles. The monoisotopic (exact) mass is 604 g/mol. The number of aromatic nitrogens is 2. The maximum atomic E-state index is 14.0. The van der Waals surface area contributed by atoms with E-state index < -0.39 is 11.5 Å². The Morgan fingerprint density at radius 2 is 1.47 bits per heavy atom. The minimum atomic E-state index is -0.798. The van der Waals surface area contributed by atoms with Gasteiger partial charge < -0.3 is 19.5 Å². The second-order valence-corrected chi connectivity index (χ2v) is 12.4. The van der Waals surface area contributed by atoms with Gasteiger partial charge in [-0.25, -0.2) is 9.37 Å². The zero-order valence-corrected chi connectivity index (χ0v) is 26.0. The summed E-state index contributed by atoms with van der Waals surface area (Å²) in [4.78, 5) is 23.0. The number of piperidine rings is 1. The van der Waals surface area contributed by atoms with E-state index in [0.29, 0.717) is 18.8 Å². The van der Waals surface area contributed by atoms with Gasteiger partial charge in [-0.15, -0.1) is 0 Å². The number of halogens is 1. The van der Waals surface area contributed by atoms with Crippen LogP contribution in [0.25, 0.3) is 11.0 Å². The summed E-state index contributed by atoms with van der Waals surface area (Å²) in [6.07, 6.45) is 1.58. The lowest BCUT2D eigenvalue weighted by molar-refractivity contribution is -0.133. The minimum Gasteiger partial charge on any atom is -0.385 e. The fourth-order valence-corrected chi connectivity index (χ4v) is 6.92. The number of hydrogen-bond donors (Lipinski definition) is 1. The number of aliphatic hydroxyl groups excluding tert-OH is 1. The summed E-state index contributed by atoms with van der Waals surface area (Å²) >= 11 is 0. The molecule has 1 amide bonds. The van der Waals surface area contributed by atoms with Gasteiger partial charge in [0.05, 0.1) is 11.0 Å². The van der Waals surface area contributed by atoms with E-state index in [0.717, 1.165) is 60.2 Å². The van der Waals surface area contributed by atoms with Gasteiger partial charge in [0.1, 0.15) is 23.2 Å². The van der Waals surface area contributed by atoms with Crippen molar-refractivity contribution < 1.29 is 14.3 Å². The molecule has 1 aromatic heterocycles. The number of fused-ring (bicyclic) bond motifs is 1. The molecule has 0 bridgehead atoms. The first-order chi connectivity index (χ1) is 21.9. The number of amides is 1. The van der Waals surface area contributed by atoms with Crippen LogP contribution in [-0.4, -0.2) is 64.1 Å². The number of hydrogen-bond acceptors (Lipinski definition) is 4. The lowest BCUT2D eigenvalue weighted by Crippen LogP contribution is -2.47. The number of para-hydroxylation sites is 2. The van der Waals surface area contributed by atoms with E-state index in [-0.39, 0.29) is 17.6 Å². The zero-order valence-electron chi connectivity index (χ0n) is 26.0. The van der Waals surface area contributed by atoms with E-state index in [2.05, 4.69) is 33.7 Å². The van der Waals surface area contributed by atoms with E-state index in [1.54, 1.807) is 17.0 Å². The summed E-state index contributed by atoms with van der Waals surface area (Å²) in [6, 6.07) is 34.7. The number of likely N-dealkylation sites (tertiary alicyclic amines) is 1. The third-order valence-corrected chi connectivity index (χ3v) is 9.39. The molecular weight excluding hydrogens is 563 g/mol. The van der Waals surface area contributed by atoms with Gasteiger partial charge in [0.15, 0.2) is 0 Å². The van der Waals surface area contributed by atoms with E-state index >= 15 is 0 Å². The molecular formula is C38H41FN4O2. The fourth-order valence-electron chi connectivity index (χ4n) is 6.92. The molecule has 1 N–H and O–H groups in total. The SMILES string of the molecule is CN(C)C(=O)C(CCN1CCC(C(O)c2nc3ccccc3n2Cc2ccc(F)cc2)CC1)(c1ccccc1)c1ccccc1. The van der Waals surface area contributed by atoms with Crippen molar-refractivity contribution in [1.29, 1.82) is 0 Å². The van der Waals surface area contributed by atoms with Crippen molar-refractivity contribution in [2.45, 2.75) is 37.3 Å². The second kappa shape index (κ2) is 13.3. The van der Waals surface area contributed by atoms with Gasteiger partial charge in [0.2, 0.25) is 5.91 Å². The molecule has 45 heavy (non-hydrogen) atoms. The van der Waals surface area contributed by atoms with Gasteiger partial charge in [-0.1, -0.05) is 84.9 Å². The molecule has 1 fully saturated rings. The smallest absolute Gasteiger partial charge is 0.237 e. The van der Waals surface area contributed by atoms with E-state index in [9.17, 15) is 14.3 Å². The number of rotatable bonds is 10. The van der Waals surface area contributed by atoms with Crippen molar-refractivity contribution in [3.8, 4) is 0 Å². The van der Waals surface area contributed by atoms with Crippen LogP contribution in [0.3, 0.4) is 0 Å². The topological polar surface area (TPSA) is 61.6 Å². The lowest BCUT2D eigenvalue weighted by atomic mass is 9.70. The van der Waals surface area contributed by atoms with E-state index in [1.165, 1.54) is 12.1 Å². The Morgan fingerprint density at radius 3 is 2.07 bits per heavy atom. The Morgan fingerprint density at radius 1 is 0.889 bits per heavy atom. The lowest BCUT2D eigenvalue weighted by Gasteiger charge is -2.39. The molecule has 1 aliphatic heterocycles. The highest BCUT2D eigenvalue weighted by atomic mass is 19.1. The highest BCUT2D eigenvalue weighted by Crippen LogP contribution is 2.39. The first-order valence-electron chi connectivity index (χ1n) is 15.8. The van der Waals surface area contributed by atoms with Gasteiger partial charge in [0.25, 0.3) is 0 Å². The normalized spacial score (nSPS) is 15.3. The van der Waals surface area contributed by atoms with Crippen LogP contribution in [0.15, 0.2) is 109 Å². The van der Waals surface area contributed by atoms with Crippen LogP contribution >= 0.6 is 0 Å². The van der Waals surface area contributed by atoms with Crippen LogP contribution in [0.1, 0.15) is 47.9 Å². The zero-order chi connectivity index (χ0) is 31.4.